The van der Waals surface area contributed by atoms with E-state index >= 15 is 0 Å². The normalized spacial score (nSPS) is 16.5. The quantitative estimate of drug-likeness (QED) is 0.734. The molecule has 1 fully saturated rings. The molecule has 0 radical (unpaired) electrons. The summed E-state index contributed by atoms with van der Waals surface area (Å²) in [5.74, 6) is 0.803. The van der Waals surface area contributed by atoms with Crippen molar-refractivity contribution in [3.8, 4) is 17.0 Å². The molecule has 7 heteroatoms. The summed E-state index contributed by atoms with van der Waals surface area (Å²) < 4.78 is 6.88. The molecule has 2 aromatic heterocycles. The highest BCUT2D eigenvalue weighted by atomic mass is 16.5. The van der Waals surface area contributed by atoms with Crippen LogP contribution in [-0.4, -0.2) is 44.2 Å². The molecule has 0 aliphatic heterocycles. The van der Waals surface area contributed by atoms with Crippen molar-refractivity contribution in [3.63, 3.8) is 0 Å². The smallest absolute Gasteiger partial charge is 0.200 e. The van der Waals surface area contributed by atoms with Crippen molar-refractivity contribution < 1.29 is 9.84 Å². The van der Waals surface area contributed by atoms with Crippen LogP contribution in [-0.2, 0) is 0 Å². The van der Waals surface area contributed by atoms with Crippen molar-refractivity contribution >= 4 is 11.3 Å². The average Bonchev–Trinajstić information content (AvgIpc) is 3.15. The number of rotatable bonds is 5. The van der Waals surface area contributed by atoms with Gasteiger partial charge in [-0.05, 0) is 43.2 Å². The van der Waals surface area contributed by atoms with Crippen LogP contribution in [0.5, 0.6) is 5.75 Å². The lowest BCUT2D eigenvalue weighted by atomic mass is 9.85. The van der Waals surface area contributed by atoms with Crippen LogP contribution >= 0.6 is 0 Å². The maximum absolute atomic E-state index is 10.8. The molecule has 0 atom stereocenters. The Hall–Kier alpha value is -2.67. The molecule has 26 heavy (non-hydrogen) atoms. The summed E-state index contributed by atoms with van der Waals surface area (Å²) in [5, 5.41) is 26.8. The molecule has 1 saturated carbocycles. The number of aliphatic hydroxyl groups is 1. The van der Waals surface area contributed by atoms with Crippen LogP contribution in [0.2, 0.25) is 0 Å². The molecule has 0 spiro atoms. The molecule has 3 aromatic rings. The van der Waals surface area contributed by atoms with E-state index in [4.69, 9.17) is 4.74 Å². The molecule has 0 saturated heterocycles. The van der Waals surface area contributed by atoms with E-state index in [9.17, 15) is 5.11 Å². The summed E-state index contributed by atoms with van der Waals surface area (Å²) in [6.45, 7) is 0.502. The van der Waals surface area contributed by atoms with Crippen LogP contribution in [0.25, 0.3) is 16.9 Å². The summed E-state index contributed by atoms with van der Waals surface area (Å²) in [4.78, 5) is 0. The summed E-state index contributed by atoms with van der Waals surface area (Å²) in [7, 11) is 1.65. The molecule has 0 unspecified atom stereocenters. The molecular formula is C19H23N5O2. The maximum atomic E-state index is 10.8. The van der Waals surface area contributed by atoms with Gasteiger partial charge < -0.3 is 15.2 Å². The molecule has 1 aromatic carbocycles. The van der Waals surface area contributed by atoms with E-state index in [1.807, 2.05) is 30.3 Å². The zero-order valence-electron chi connectivity index (χ0n) is 14.9. The Morgan fingerprint density at radius 1 is 1.19 bits per heavy atom. The van der Waals surface area contributed by atoms with Gasteiger partial charge in [-0.25, -0.2) is 0 Å². The van der Waals surface area contributed by atoms with Crippen LogP contribution in [0.3, 0.4) is 0 Å². The number of nitrogens with one attached hydrogen (secondary N) is 1. The van der Waals surface area contributed by atoms with Crippen molar-refractivity contribution in [2.75, 3.05) is 19.0 Å². The minimum Gasteiger partial charge on any atom is -0.497 e. The number of hydrogen-bond acceptors (Lipinski definition) is 6. The van der Waals surface area contributed by atoms with Crippen molar-refractivity contribution in [1.29, 1.82) is 0 Å². The van der Waals surface area contributed by atoms with E-state index in [1.54, 1.807) is 18.0 Å². The predicted molar refractivity (Wildman–Crippen MR) is 99.3 cm³/mol. The molecule has 1 aliphatic carbocycles. The second-order valence-corrected chi connectivity index (χ2v) is 6.91. The minimum atomic E-state index is -0.654. The first-order valence-electron chi connectivity index (χ1n) is 8.99. The Labute approximate surface area is 152 Å². The van der Waals surface area contributed by atoms with Gasteiger partial charge in [0, 0.05) is 12.1 Å². The van der Waals surface area contributed by atoms with Crippen LogP contribution < -0.4 is 10.1 Å². The Kier molecular flexibility index (Phi) is 4.46. The lowest BCUT2D eigenvalue weighted by Gasteiger charge is -2.32. The molecule has 2 heterocycles. The average molecular weight is 353 g/mol. The van der Waals surface area contributed by atoms with E-state index < -0.39 is 5.60 Å². The fourth-order valence-electron chi connectivity index (χ4n) is 3.51. The van der Waals surface area contributed by atoms with Gasteiger partial charge in [-0.3, -0.25) is 0 Å². The topological polar surface area (TPSA) is 84.6 Å². The third-order valence-corrected chi connectivity index (χ3v) is 5.05. The first-order valence-corrected chi connectivity index (χ1v) is 8.99. The Morgan fingerprint density at radius 2 is 1.96 bits per heavy atom. The first-order chi connectivity index (χ1) is 12.7. The minimum absolute atomic E-state index is 0.502. The first kappa shape index (κ1) is 16.8. The van der Waals surface area contributed by atoms with E-state index in [1.165, 1.54) is 6.42 Å². The fraction of sp³-hybridized carbons (Fsp3) is 0.421. The van der Waals surface area contributed by atoms with Gasteiger partial charge in [-0.15, -0.1) is 10.2 Å². The highest BCUT2D eigenvalue weighted by Crippen LogP contribution is 2.30. The third kappa shape index (κ3) is 3.35. The molecule has 0 amide bonds. The van der Waals surface area contributed by atoms with E-state index in [0.717, 1.165) is 48.4 Å². The van der Waals surface area contributed by atoms with Crippen LogP contribution in [0, 0.1) is 0 Å². The fourth-order valence-corrected chi connectivity index (χ4v) is 3.51. The van der Waals surface area contributed by atoms with Gasteiger partial charge in [0.15, 0.2) is 0 Å². The monoisotopic (exact) mass is 353 g/mol. The van der Waals surface area contributed by atoms with Crippen molar-refractivity contribution in [3.05, 3.63) is 36.7 Å². The SMILES string of the molecule is COc1ccc(-c2cc(NCC3(O)CCCCC3)c3nncn3n2)cc1. The lowest BCUT2D eigenvalue weighted by molar-refractivity contribution is 0.0167. The maximum Gasteiger partial charge on any atom is 0.200 e. The van der Waals surface area contributed by atoms with Gasteiger partial charge in [0.25, 0.3) is 0 Å². The number of benzene rings is 1. The lowest BCUT2D eigenvalue weighted by Crippen LogP contribution is -2.38. The second-order valence-electron chi connectivity index (χ2n) is 6.91. The van der Waals surface area contributed by atoms with Crippen LogP contribution in [0.15, 0.2) is 36.7 Å². The summed E-state index contributed by atoms with van der Waals surface area (Å²) in [5.41, 5.74) is 2.60. The van der Waals surface area contributed by atoms with E-state index in [0.29, 0.717) is 12.2 Å². The van der Waals surface area contributed by atoms with Gasteiger partial charge in [-0.2, -0.15) is 9.61 Å². The number of methoxy groups -OCH3 is 1. The molecule has 4 rings (SSSR count). The van der Waals surface area contributed by atoms with Gasteiger partial charge >= 0.3 is 0 Å². The largest absolute Gasteiger partial charge is 0.497 e. The van der Waals surface area contributed by atoms with Crippen molar-refractivity contribution in [2.45, 2.75) is 37.7 Å². The van der Waals surface area contributed by atoms with Gasteiger partial charge in [0.1, 0.15) is 12.1 Å². The second kappa shape index (κ2) is 6.92. The zero-order valence-corrected chi connectivity index (χ0v) is 14.9. The third-order valence-electron chi connectivity index (χ3n) is 5.05. The summed E-state index contributed by atoms with van der Waals surface area (Å²) in [6, 6.07) is 9.71. The standard InChI is InChI=1S/C19H23N5O2/c1-26-15-7-5-14(6-8-15)16-11-17(18-22-21-13-24(18)23-16)20-12-19(25)9-3-2-4-10-19/h5-8,11,13,20,25H,2-4,9-10,12H2,1H3. The summed E-state index contributed by atoms with van der Waals surface area (Å²) in [6.07, 6.45) is 6.60. The number of nitrogens with zero attached hydrogens (tertiary/aromatic N) is 4. The Balaban J connectivity index is 1.63. The number of ether oxygens (including phenoxy) is 1. The van der Waals surface area contributed by atoms with Crippen LogP contribution in [0.4, 0.5) is 5.69 Å². The predicted octanol–water partition coefficient (Wildman–Crippen LogP) is 2.91. The molecule has 7 nitrogen and oxygen atoms in total. The van der Waals surface area contributed by atoms with Gasteiger partial charge in [0.05, 0.1) is 24.1 Å². The van der Waals surface area contributed by atoms with Crippen molar-refractivity contribution in [2.24, 2.45) is 0 Å². The van der Waals surface area contributed by atoms with Gasteiger partial charge in [-0.1, -0.05) is 19.3 Å². The summed E-state index contributed by atoms with van der Waals surface area (Å²) >= 11 is 0. The number of anilines is 1. The van der Waals surface area contributed by atoms with Gasteiger partial charge in [0.2, 0.25) is 5.65 Å². The van der Waals surface area contributed by atoms with E-state index in [-0.39, 0.29) is 0 Å². The number of hydrogen-bond donors (Lipinski definition) is 2. The highest BCUT2D eigenvalue weighted by Gasteiger charge is 2.29. The Morgan fingerprint density at radius 3 is 2.69 bits per heavy atom. The zero-order chi connectivity index (χ0) is 18.0. The molecule has 0 bridgehead atoms. The highest BCUT2D eigenvalue weighted by molar-refractivity contribution is 5.73. The number of fused-ring (bicyclic) bond motifs is 1. The molecule has 136 valence electrons. The van der Waals surface area contributed by atoms with Crippen LogP contribution in [0.1, 0.15) is 32.1 Å². The van der Waals surface area contributed by atoms with Crippen molar-refractivity contribution in [1.82, 2.24) is 19.8 Å². The Bertz CT molecular complexity index is 885. The molecule has 1 aliphatic rings. The molecule has 2 N–H and O–H groups in total. The number of aromatic nitrogens is 4. The molecular weight excluding hydrogens is 330 g/mol. The van der Waals surface area contributed by atoms with E-state index in [2.05, 4.69) is 20.6 Å².